The molecular weight excluding hydrogens is 272 g/mol. The van der Waals surface area contributed by atoms with E-state index in [-0.39, 0.29) is 17.1 Å². The van der Waals surface area contributed by atoms with Crippen LogP contribution < -0.4 is 0 Å². The van der Waals surface area contributed by atoms with E-state index in [1.807, 2.05) is 0 Å². The molecule has 0 aromatic rings. The van der Waals surface area contributed by atoms with Crippen molar-refractivity contribution in [3.63, 3.8) is 0 Å². The van der Waals surface area contributed by atoms with Crippen LogP contribution in [-0.4, -0.2) is 0 Å². The second-order valence-electron chi connectivity index (χ2n) is 0. The monoisotopic (exact) mass is 271 g/mol. The third kappa shape index (κ3) is 107. The number of hydrogen-bond acceptors (Lipinski definition) is 8. The predicted octanol–water partition coefficient (Wildman–Crippen LogP) is 0.768. The molecule has 9 heteroatoms. The van der Waals surface area contributed by atoms with E-state index in [1.165, 1.54) is 0 Å². The molecule has 1 radical (unpaired) electrons. The molecule has 17 heavy (non-hydrogen) atoms. The molecule has 0 unspecified atom stereocenters. The van der Waals surface area contributed by atoms with Gasteiger partial charge in [-0.05, 0) is 0 Å². The average molecular weight is 272 g/mol. The van der Waals surface area contributed by atoms with Gasteiger partial charge in [-0.2, -0.15) is 0 Å². The fraction of sp³-hybridized carbons (Fsp3) is 0. The van der Waals surface area contributed by atoms with Gasteiger partial charge in [-0.25, -0.2) is 0 Å². The Morgan fingerprint density at radius 2 is 0.235 bits per heavy atom. The van der Waals surface area contributed by atoms with Crippen molar-refractivity contribution in [3.8, 4) is 0 Å². The largest absolute Gasteiger partial charge is 0.512 e. The van der Waals surface area contributed by atoms with Gasteiger partial charge in [0, 0.05) is 17.1 Å². The first-order chi connectivity index (χ1) is 8.00. The maximum Gasteiger partial charge on any atom is 0 e. The van der Waals surface area contributed by atoms with Gasteiger partial charge in [-0.3, -0.25) is 0 Å². The third-order valence-corrected chi connectivity index (χ3v) is 0. The van der Waals surface area contributed by atoms with Crippen LogP contribution in [0.15, 0.2) is 0 Å². The first-order valence-corrected chi connectivity index (χ1v) is 1.79. The molecule has 0 amide bonds. The summed E-state index contributed by atoms with van der Waals surface area (Å²) in [5, 5.41) is 50.0. The van der Waals surface area contributed by atoms with Gasteiger partial charge in [0.1, 0.15) is 0 Å². The van der Waals surface area contributed by atoms with E-state index >= 15 is 0 Å². The quantitative estimate of drug-likeness (QED) is 0.455. The van der Waals surface area contributed by atoms with Crippen LogP contribution in [0, 0.1) is 94.7 Å². The first kappa shape index (κ1) is 106. The van der Waals surface area contributed by atoms with Gasteiger partial charge in [-0.1, -0.05) is 0 Å². The summed E-state index contributed by atoms with van der Waals surface area (Å²) in [6, 6.07) is 0. The van der Waals surface area contributed by atoms with Crippen LogP contribution in [0.25, 0.3) is 0 Å². The Bertz CT molecular complexity index is 132. The summed E-state index contributed by atoms with van der Waals surface area (Å²) in [4.78, 5) is 0. The fourth-order valence-corrected chi connectivity index (χ4v) is 0. The van der Waals surface area contributed by atoms with Crippen LogP contribution in [0.2, 0.25) is 0 Å². The molecule has 0 aliphatic rings. The standard InChI is InChI=1S/8CN.Cu/c8*1-2;/q8*-1;. The van der Waals surface area contributed by atoms with Crippen molar-refractivity contribution in [1.82, 2.24) is 0 Å². The van der Waals surface area contributed by atoms with Crippen LogP contribution in [0.3, 0.4) is 0 Å². The molecule has 0 atom stereocenters. The van der Waals surface area contributed by atoms with Crippen LogP contribution in [0.1, 0.15) is 0 Å². The van der Waals surface area contributed by atoms with Crippen molar-refractivity contribution in [2.75, 3.05) is 0 Å². The molecule has 0 N–H and O–H groups in total. The van der Waals surface area contributed by atoms with E-state index in [0.29, 0.717) is 0 Å². The zero-order chi connectivity index (χ0) is 16.0. The topological polar surface area (TPSA) is 190 Å². The number of hydrogen-bond donors (Lipinski definition) is 0. The molecule has 0 aromatic heterocycles. The minimum absolute atomic E-state index is 0. The Kier molecular flexibility index (Phi) is 797. The zero-order valence-corrected chi connectivity index (χ0v) is 8.82. The van der Waals surface area contributed by atoms with E-state index in [9.17, 15) is 0 Å². The Hall–Kier alpha value is -3.56. The third-order valence-electron chi connectivity index (χ3n) is 0. The smallest absolute Gasteiger partial charge is 0 e. The molecule has 0 aliphatic heterocycles. The first-order valence-electron chi connectivity index (χ1n) is 1.79. The van der Waals surface area contributed by atoms with Crippen LogP contribution in [0.5, 0.6) is 0 Å². The Morgan fingerprint density at radius 1 is 0.235 bits per heavy atom. The molecule has 0 bridgehead atoms. The predicted molar refractivity (Wildman–Crippen MR) is 39.7 cm³/mol. The molecular formula is C8CuN8-8. The van der Waals surface area contributed by atoms with Crippen molar-refractivity contribution in [2.24, 2.45) is 0 Å². The molecule has 0 saturated heterocycles. The van der Waals surface area contributed by atoms with Crippen LogP contribution >= 0.6 is 0 Å². The summed E-state index contributed by atoms with van der Waals surface area (Å²) < 4.78 is 0. The summed E-state index contributed by atoms with van der Waals surface area (Å²) in [7, 11) is 0. The average Bonchev–Trinajstić information content (AvgIpc) is 2.54. The summed E-state index contributed by atoms with van der Waals surface area (Å²) >= 11 is 0. The van der Waals surface area contributed by atoms with Gasteiger partial charge in [0.25, 0.3) is 0 Å². The van der Waals surface area contributed by atoms with Crippen LogP contribution in [0.4, 0.5) is 0 Å². The van der Waals surface area contributed by atoms with E-state index in [1.54, 1.807) is 0 Å². The van der Waals surface area contributed by atoms with Gasteiger partial charge < -0.3 is 94.7 Å². The molecule has 0 heterocycles. The van der Waals surface area contributed by atoms with Crippen molar-refractivity contribution in [3.05, 3.63) is 52.6 Å². The molecule has 0 spiro atoms. The van der Waals surface area contributed by atoms with Crippen molar-refractivity contribution in [1.29, 1.82) is 42.1 Å². The van der Waals surface area contributed by atoms with Gasteiger partial charge in [0.2, 0.25) is 0 Å². The normalized spacial score (nSPS) is 0.941. The van der Waals surface area contributed by atoms with E-state index in [2.05, 4.69) is 0 Å². The Labute approximate surface area is 112 Å². The summed E-state index contributed by atoms with van der Waals surface area (Å²) in [5.74, 6) is 0. The maximum absolute atomic E-state index is 6.25. The Balaban J connectivity index is -0.00000000610. The van der Waals surface area contributed by atoms with Crippen molar-refractivity contribution in [2.45, 2.75) is 0 Å². The molecule has 8 nitrogen and oxygen atoms in total. The molecule has 91 valence electrons. The second-order valence-corrected chi connectivity index (χ2v) is 0. The molecule has 0 aromatic carbocycles. The van der Waals surface area contributed by atoms with Gasteiger partial charge in [0.15, 0.2) is 0 Å². The molecule has 0 aliphatic carbocycles. The summed E-state index contributed by atoms with van der Waals surface area (Å²) in [6.07, 6.45) is 0. The fourth-order valence-electron chi connectivity index (χ4n) is 0. The summed E-state index contributed by atoms with van der Waals surface area (Å²) in [5.41, 5.74) is 0. The van der Waals surface area contributed by atoms with Crippen LogP contribution in [-0.2, 0) is 17.1 Å². The zero-order valence-electron chi connectivity index (χ0n) is 7.88. The maximum atomic E-state index is 6.25. The second kappa shape index (κ2) is 128. The summed E-state index contributed by atoms with van der Waals surface area (Å²) in [6.45, 7) is 38.0. The number of rotatable bonds is 0. The van der Waals surface area contributed by atoms with E-state index in [4.69, 9.17) is 94.7 Å². The SMILES string of the molecule is [C-]#N.[C-]#N.[C-]#N.[C-]#N.[C-]#N.[C-]#N.[C-]#N.[C-]#N.[Cu]. The van der Waals surface area contributed by atoms with Gasteiger partial charge in [-0.15, -0.1) is 0 Å². The van der Waals surface area contributed by atoms with E-state index in [0.717, 1.165) is 0 Å². The van der Waals surface area contributed by atoms with Gasteiger partial charge in [0.05, 0.1) is 0 Å². The van der Waals surface area contributed by atoms with E-state index < -0.39 is 0 Å². The minimum atomic E-state index is 0. The van der Waals surface area contributed by atoms with Crippen molar-refractivity contribution >= 4 is 0 Å². The number of nitrogens with zero attached hydrogens (tertiary/aromatic N) is 8. The Morgan fingerprint density at radius 3 is 0.235 bits per heavy atom. The molecule has 0 saturated carbocycles. The molecule has 0 rings (SSSR count). The minimum Gasteiger partial charge on any atom is -0.512 e. The van der Waals surface area contributed by atoms with Gasteiger partial charge >= 0.3 is 0 Å². The van der Waals surface area contributed by atoms with Crippen molar-refractivity contribution < 1.29 is 17.1 Å². The molecule has 0 fully saturated rings.